The number of aromatic nitrogens is 2. The predicted molar refractivity (Wildman–Crippen MR) is 67.4 cm³/mol. The van der Waals surface area contributed by atoms with Crippen molar-refractivity contribution in [2.75, 3.05) is 14.1 Å². The van der Waals surface area contributed by atoms with Gasteiger partial charge >= 0.3 is 6.18 Å². The van der Waals surface area contributed by atoms with Gasteiger partial charge in [-0.3, -0.25) is 9.20 Å². The molecule has 0 bridgehead atoms. The Morgan fingerprint density at radius 1 is 1.35 bits per heavy atom. The van der Waals surface area contributed by atoms with Gasteiger partial charge in [0.1, 0.15) is 11.3 Å². The van der Waals surface area contributed by atoms with Crippen molar-refractivity contribution in [2.24, 2.45) is 0 Å². The van der Waals surface area contributed by atoms with Gasteiger partial charge < -0.3 is 4.90 Å². The number of pyridine rings is 1. The predicted octanol–water partition coefficient (Wildman–Crippen LogP) is 2.61. The molecule has 0 saturated heterocycles. The van der Waals surface area contributed by atoms with Crippen LogP contribution < -0.4 is 0 Å². The maximum Gasteiger partial charge on any atom is 0.435 e. The zero-order valence-electron chi connectivity index (χ0n) is 10.8. The lowest BCUT2D eigenvalue weighted by atomic mass is 10.2. The lowest BCUT2D eigenvalue weighted by molar-refractivity contribution is -0.141. The van der Waals surface area contributed by atoms with Crippen molar-refractivity contribution in [1.82, 2.24) is 14.3 Å². The van der Waals surface area contributed by atoms with E-state index in [0.29, 0.717) is 0 Å². The molecule has 0 aliphatic rings. The van der Waals surface area contributed by atoms with Crippen LogP contribution >= 0.6 is 0 Å². The SMILES string of the molecule is CN(C)C=CC(=O)c1c(C(F)(F)F)nc2ccccn12. The van der Waals surface area contributed by atoms with Crippen LogP contribution in [0.25, 0.3) is 5.65 Å². The summed E-state index contributed by atoms with van der Waals surface area (Å²) in [6.07, 6.45) is -0.812. The van der Waals surface area contributed by atoms with Gasteiger partial charge in [-0.1, -0.05) is 6.07 Å². The first-order valence-corrected chi connectivity index (χ1v) is 5.74. The third-order valence-corrected chi connectivity index (χ3v) is 2.56. The lowest BCUT2D eigenvalue weighted by Crippen LogP contribution is -2.13. The maximum atomic E-state index is 13.0. The van der Waals surface area contributed by atoms with Crippen LogP contribution in [0.5, 0.6) is 0 Å². The third-order valence-electron chi connectivity index (χ3n) is 2.56. The number of ketones is 1. The number of alkyl halides is 3. The molecular weight excluding hydrogens is 271 g/mol. The minimum Gasteiger partial charge on any atom is -0.383 e. The molecule has 0 aliphatic heterocycles. The Morgan fingerprint density at radius 3 is 2.65 bits per heavy atom. The molecule has 7 heteroatoms. The smallest absolute Gasteiger partial charge is 0.383 e. The summed E-state index contributed by atoms with van der Waals surface area (Å²) in [4.78, 5) is 17.1. The van der Waals surface area contributed by atoms with Crippen LogP contribution in [0.1, 0.15) is 16.2 Å². The van der Waals surface area contributed by atoms with Crippen molar-refractivity contribution in [2.45, 2.75) is 6.18 Å². The quantitative estimate of drug-likeness (QED) is 0.642. The highest BCUT2D eigenvalue weighted by molar-refractivity contribution is 6.04. The Bertz CT molecular complexity index is 671. The summed E-state index contributed by atoms with van der Waals surface area (Å²) in [5, 5.41) is 0. The van der Waals surface area contributed by atoms with Gasteiger partial charge in [-0.25, -0.2) is 4.98 Å². The Balaban J connectivity index is 2.63. The number of hydrogen-bond donors (Lipinski definition) is 0. The summed E-state index contributed by atoms with van der Waals surface area (Å²) in [5.41, 5.74) is -1.57. The minimum atomic E-state index is -4.68. The van der Waals surface area contributed by atoms with Crippen LogP contribution in [-0.2, 0) is 6.18 Å². The first kappa shape index (κ1) is 14.1. The van der Waals surface area contributed by atoms with Crippen molar-refractivity contribution >= 4 is 11.4 Å². The number of carbonyl (C=O) groups is 1. The van der Waals surface area contributed by atoms with Gasteiger partial charge in [0.05, 0.1) is 0 Å². The summed E-state index contributed by atoms with van der Waals surface area (Å²) in [6, 6.07) is 4.52. The number of halogens is 3. The fourth-order valence-corrected chi connectivity index (χ4v) is 1.72. The summed E-state index contributed by atoms with van der Waals surface area (Å²) in [6.45, 7) is 0. The molecule has 0 aliphatic carbocycles. The molecule has 4 nitrogen and oxygen atoms in total. The van der Waals surface area contributed by atoms with Crippen LogP contribution in [0.15, 0.2) is 36.7 Å². The van der Waals surface area contributed by atoms with E-state index in [1.54, 1.807) is 31.1 Å². The van der Waals surface area contributed by atoms with Crippen LogP contribution in [0, 0.1) is 0 Å². The molecule has 0 fully saturated rings. The van der Waals surface area contributed by atoms with Gasteiger partial charge in [-0.05, 0) is 12.1 Å². The highest BCUT2D eigenvalue weighted by atomic mass is 19.4. The molecule has 2 heterocycles. The van der Waals surface area contributed by atoms with Crippen molar-refractivity contribution < 1.29 is 18.0 Å². The Morgan fingerprint density at radius 2 is 2.05 bits per heavy atom. The fraction of sp³-hybridized carbons (Fsp3) is 0.231. The van der Waals surface area contributed by atoms with E-state index in [1.807, 2.05) is 0 Å². The Kier molecular flexibility index (Phi) is 3.52. The van der Waals surface area contributed by atoms with Crippen molar-refractivity contribution in [3.05, 3.63) is 48.1 Å². The van der Waals surface area contributed by atoms with E-state index in [9.17, 15) is 18.0 Å². The van der Waals surface area contributed by atoms with Gasteiger partial charge in [0.2, 0.25) is 5.78 Å². The fourth-order valence-electron chi connectivity index (χ4n) is 1.72. The highest BCUT2D eigenvalue weighted by Gasteiger charge is 2.39. The van der Waals surface area contributed by atoms with E-state index >= 15 is 0 Å². The number of carbonyl (C=O) groups excluding carboxylic acids is 1. The second-order valence-corrected chi connectivity index (χ2v) is 4.38. The van der Waals surface area contributed by atoms with Crippen LogP contribution in [0.3, 0.4) is 0 Å². The largest absolute Gasteiger partial charge is 0.435 e. The molecule has 0 atom stereocenters. The number of hydrogen-bond acceptors (Lipinski definition) is 3. The summed E-state index contributed by atoms with van der Waals surface area (Å²) in [7, 11) is 3.34. The minimum absolute atomic E-state index is 0.0847. The van der Waals surface area contributed by atoms with E-state index < -0.39 is 23.3 Å². The van der Waals surface area contributed by atoms with Crippen LogP contribution in [0.2, 0.25) is 0 Å². The summed E-state index contributed by atoms with van der Waals surface area (Å²) < 4.78 is 40.1. The first-order chi connectivity index (χ1) is 9.30. The summed E-state index contributed by atoms with van der Waals surface area (Å²) in [5.74, 6) is -0.746. The Hall–Kier alpha value is -2.31. The molecule has 0 radical (unpaired) electrons. The molecule has 0 amide bonds. The van der Waals surface area contributed by atoms with Gasteiger partial charge in [-0.2, -0.15) is 13.2 Å². The molecule has 20 heavy (non-hydrogen) atoms. The lowest BCUT2D eigenvalue weighted by Gasteiger charge is -2.06. The molecule has 0 unspecified atom stereocenters. The van der Waals surface area contributed by atoms with E-state index in [1.165, 1.54) is 18.5 Å². The number of rotatable bonds is 3. The molecular formula is C13H12F3N3O. The van der Waals surface area contributed by atoms with E-state index in [-0.39, 0.29) is 5.65 Å². The summed E-state index contributed by atoms with van der Waals surface area (Å²) >= 11 is 0. The average Bonchev–Trinajstić information content (AvgIpc) is 2.75. The second-order valence-electron chi connectivity index (χ2n) is 4.38. The number of allylic oxidation sites excluding steroid dienone is 1. The number of imidazole rings is 1. The standard InChI is InChI=1S/C13H12F3N3O/c1-18(2)8-6-9(20)11-12(13(14,15)16)17-10-5-3-4-7-19(10)11/h3-8H,1-2H3. The van der Waals surface area contributed by atoms with E-state index in [0.717, 1.165) is 10.5 Å². The third kappa shape index (κ3) is 2.66. The van der Waals surface area contributed by atoms with Gasteiger partial charge in [0, 0.05) is 32.6 Å². The van der Waals surface area contributed by atoms with E-state index in [2.05, 4.69) is 4.98 Å². The van der Waals surface area contributed by atoms with E-state index in [4.69, 9.17) is 0 Å². The van der Waals surface area contributed by atoms with Gasteiger partial charge in [-0.15, -0.1) is 0 Å². The van der Waals surface area contributed by atoms with Gasteiger partial charge in [0.25, 0.3) is 0 Å². The molecule has 2 aromatic heterocycles. The number of fused-ring (bicyclic) bond motifs is 1. The average molecular weight is 283 g/mol. The molecule has 0 aromatic carbocycles. The van der Waals surface area contributed by atoms with Crippen molar-refractivity contribution in [1.29, 1.82) is 0 Å². The monoisotopic (exact) mass is 283 g/mol. The molecule has 2 aromatic rings. The van der Waals surface area contributed by atoms with Crippen LogP contribution in [-0.4, -0.2) is 34.2 Å². The number of nitrogens with zero attached hydrogens (tertiary/aromatic N) is 3. The second kappa shape index (κ2) is 4.99. The highest BCUT2D eigenvalue weighted by Crippen LogP contribution is 2.32. The zero-order valence-corrected chi connectivity index (χ0v) is 10.8. The molecule has 106 valence electrons. The van der Waals surface area contributed by atoms with Crippen LogP contribution in [0.4, 0.5) is 13.2 Å². The van der Waals surface area contributed by atoms with Crippen molar-refractivity contribution in [3.63, 3.8) is 0 Å². The normalized spacial score (nSPS) is 12.2. The zero-order chi connectivity index (χ0) is 14.9. The molecule has 0 N–H and O–H groups in total. The topological polar surface area (TPSA) is 37.6 Å². The first-order valence-electron chi connectivity index (χ1n) is 5.74. The molecule has 0 saturated carbocycles. The van der Waals surface area contributed by atoms with Crippen molar-refractivity contribution in [3.8, 4) is 0 Å². The maximum absolute atomic E-state index is 13.0. The molecule has 0 spiro atoms. The Labute approximate surface area is 113 Å². The molecule has 2 rings (SSSR count). The van der Waals surface area contributed by atoms with Gasteiger partial charge in [0.15, 0.2) is 5.69 Å².